The van der Waals surface area contributed by atoms with Crippen molar-refractivity contribution in [1.82, 2.24) is 15.1 Å². The van der Waals surface area contributed by atoms with E-state index in [2.05, 4.69) is 17.1 Å². The summed E-state index contributed by atoms with van der Waals surface area (Å²) in [7, 11) is 1.47. The Balaban J connectivity index is 1.66. The predicted octanol–water partition coefficient (Wildman–Crippen LogP) is 4.25. The van der Waals surface area contributed by atoms with Gasteiger partial charge in [0, 0.05) is 31.7 Å². The standard InChI is InChI=1S/C23H27F3N4O2/c1-14-6-9-29(10-7-14)22(31)19-15(2)20(21(32-3)28-27-19)30-11-8-16-4-5-18(23(24,25)26)12-17(16)13-30/h4-5,12,14H,6-11,13H2,1-3H3. The van der Waals surface area contributed by atoms with Gasteiger partial charge in [0.05, 0.1) is 12.7 Å². The number of alkyl halides is 3. The SMILES string of the molecule is COc1nnc(C(=O)N2CCC(C)CC2)c(C)c1N1CCc2ccc(C(F)(F)F)cc2C1. The summed E-state index contributed by atoms with van der Waals surface area (Å²) in [5.41, 5.74) is 2.36. The van der Waals surface area contributed by atoms with Crippen LogP contribution in [0.25, 0.3) is 0 Å². The maximum atomic E-state index is 13.2. The Morgan fingerprint density at radius 1 is 1.12 bits per heavy atom. The number of methoxy groups -OCH3 is 1. The molecule has 32 heavy (non-hydrogen) atoms. The molecular formula is C23H27F3N4O2. The molecule has 0 radical (unpaired) electrons. The lowest BCUT2D eigenvalue weighted by Crippen LogP contribution is -2.39. The molecule has 1 amide bonds. The number of rotatable bonds is 3. The zero-order valence-corrected chi connectivity index (χ0v) is 18.5. The fourth-order valence-electron chi connectivity index (χ4n) is 4.49. The molecule has 3 heterocycles. The van der Waals surface area contributed by atoms with Crippen molar-refractivity contribution in [2.75, 3.05) is 31.6 Å². The maximum absolute atomic E-state index is 13.2. The van der Waals surface area contributed by atoms with Crippen LogP contribution in [0.3, 0.4) is 0 Å². The van der Waals surface area contributed by atoms with Gasteiger partial charge in [0.2, 0.25) is 0 Å². The van der Waals surface area contributed by atoms with Crippen molar-refractivity contribution in [3.8, 4) is 5.88 Å². The first-order valence-electron chi connectivity index (χ1n) is 10.8. The molecule has 172 valence electrons. The van der Waals surface area contributed by atoms with Crippen LogP contribution in [-0.2, 0) is 19.1 Å². The van der Waals surface area contributed by atoms with Crippen molar-refractivity contribution in [2.45, 2.75) is 45.8 Å². The Bertz CT molecular complexity index is 1020. The summed E-state index contributed by atoms with van der Waals surface area (Å²) in [6.07, 6.45) is -1.91. The van der Waals surface area contributed by atoms with E-state index in [4.69, 9.17) is 4.74 Å². The molecule has 0 atom stereocenters. The minimum Gasteiger partial charge on any atom is -0.478 e. The molecule has 0 bridgehead atoms. The monoisotopic (exact) mass is 448 g/mol. The highest BCUT2D eigenvalue weighted by molar-refractivity contribution is 5.95. The van der Waals surface area contributed by atoms with Gasteiger partial charge < -0.3 is 14.5 Å². The summed E-state index contributed by atoms with van der Waals surface area (Å²) >= 11 is 0. The number of nitrogens with zero attached hydrogens (tertiary/aromatic N) is 4. The van der Waals surface area contributed by atoms with E-state index in [-0.39, 0.29) is 24.0 Å². The van der Waals surface area contributed by atoms with E-state index in [0.717, 1.165) is 24.5 Å². The molecule has 1 aromatic heterocycles. The fourth-order valence-corrected chi connectivity index (χ4v) is 4.49. The van der Waals surface area contributed by atoms with Crippen molar-refractivity contribution in [2.24, 2.45) is 5.92 Å². The third-order valence-electron chi connectivity index (χ3n) is 6.48. The van der Waals surface area contributed by atoms with Crippen LogP contribution < -0.4 is 9.64 Å². The average molecular weight is 448 g/mol. The molecule has 1 saturated heterocycles. The molecular weight excluding hydrogens is 421 g/mol. The number of ether oxygens (including phenoxy) is 1. The van der Waals surface area contributed by atoms with E-state index in [9.17, 15) is 18.0 Å². The number of hydrogen-bond donors (Lipinski definition) is 0. The quantitative estimate of drug-likeness (QED) is 0.703. The van der Waals surface area contributed by atoms with Gasteiger partial charge in [-0.25, -0.2) is 0 Å². The molecule has 0 unspecified atom stereocenters. The first-order chi connectivity index (χ1) is 15.2. The highest BCUT2D eigenvalue weighted by Crippen LogP contribution is 2.37. The molecule has 1 aromatic carbocycles. The van der Waals surface area contributed by atoms with Crippen molar-refractivity contribution in [1.29, 1.82) is 0 Å². The average Bonchev–Trinajstić information content (AvgIpc) is 2.77. The Morgan fingerprint density at radius 3 is 2.50 bits per heavy atom. The van der Waals surface area contributed by atoms with Gasteiger partial charge in [-0.05, 0) is 55.4 Å². The van der Waals surface area contributed by atoms with Crippen molar-refractivity contribution >= 4 is 11.6 Å². The fraction of sp³-hybridized carbons (Fsp3) is 0.522. The van der Waals surface area contributed by atoms with Gasteiger partial charge >= 0.3 is 6.18 Å². The van der Waals surface area contributed by atoms with Gasteiger partial charge in [-0.2, -0.15) is 13.2 Å². The molecule has 0 saturated carbocycles. The van der Waals surface area contributed by atoms with Crippen molar-refractivity contribution in [3.05, 3.63) is 46.1 Å². The Labute approximate surface area is 185 Å². The van der Waals surface area contributed by atoms with Crippen LogP contribution in [0, 0.1) is 12.8 Å². The number of amides is 1. The van der Waals surface area contributed by atoms with Gasteiger partial charge in [-0.3, -0.25) is 4.79 Å². The van der Waals surface area contributed by atoms with Crippen LogP contribution in [0.15, 0.2) is 18.2 Å². The Kier molecular flexibility index (Phi) is 6.01. The summed E-state index contributed by atoms with van der Waals surface area (Å²) in [6, 6.07) is 3.89. The van der Waals surface area contributed by atoms with Crippen molar-refractivity contribution in [3.63, 3.8) is 0 Å². The van der Waals surface area contributed by atoms with E-state index < -0.39 is 11.7 Å². The second-order valence-electron chi connectivity index (χ2n) is 8.66. The van der Waals surface area contributed by atoms with E-state index >= 15 is 0 Å². The van der Waals surface area contributed by atoms with Gasteiger partial charge in [-0.15, -0.1) is 10.2 Å². The third-order valence-corrected chi connectivity index (χ3v) is 6.48. The number of hydrogen-bond acceptors (Lipinski definition) is 5. The van der Waals surface area contributed by atoms with Gasteiger partial charge in [0.25, 0.3) is 11.8 Å². The predicted molar refractivity (Wildman–Crippen MR) is 114 cm³/mol. The molecule has 2 aromatic rings. The zero-order valence-electron chi connectivity index (χ0n) is 18.5. The lowest BCUT2D eigenvalue weighted by Gasteiger charge is -2.34. The summed E-state index contributed by atoms with van der Waals surface area (Å²) < 4.78 is 45.0. The minimum atomic E-state index is -4.39. The van der Waals surface area contributed by atoms with Gasteiger partial charge in [0.15, 0.2) is 5.69 Å². The molecule has 9 heteroatoms. The van der Waals surface area contributed by atoms with E-state index in [1.165, 1.54) is 13.2 Å². The number of carbonyl (C=O) groups excluding carboxylic acids is 1. The van der Waals surface area contributed by atoms with E-state index in [1.807, 2.05) is 4.90 Å². The van der Waals surface area contributed by atoms with Crippen LogP contribution in [0.2, 0.25) is 0 Å². The van der Waals surface area contributed by atoms with E-state index in [1.54, 1.807) is 17.9 Å². The molecule has 0 aliphatic carbocycles. The normalized spacial score (nSPS) is 17.3. The lowest BCUT2D eigenvalue weighted by atomic mass is 9.96. The van der Waals surface area contributed by atoms with Crippen LogP contribution >= 0.6 is 0 Å². The highest BCUT2D eigenvalue weighted by atomic mass is 19.4. The summed E-state index contributed by atoms with van der Waals surface area (Å²) in [5, 5.41) is 8.28. The summed E-state index contributed by atoms with van der Waals surface area (Å²) in [6.45, 7) is 6.19. The third kappa shape index (κ3) is 4.25. The van der Waals surface area contributed by atoms with Gasteiger partial charge in [0.1, 0.15) is 5.69 Å². The smallest absolute Gasteiger partial charge is 0.416 e. The number of likely N-dealkylation sites (tertiary alicyclic amines) is 1. The zero-order chi connectivity index (χ0) is 23.0. The molecule has 2 aliphatic rings. The Hall–Kier alpha value is -2.84. The Morgan fingerprint density at radius 2 is 1.84 bits per heavy atom. The number of aromatic nitrogens is 2. The first kappa shape index (κ1) is 22.4. The van der Waals surface area contributed by atoms with Crippen molar-refractivity contribution < 1.29 is 22.7 Å². The number of halogens is 3. The molecule has 2 aliphatic heterocycles. The maximum Gasteiger partial charge on any atom is 0.416 e. The van der Waals surface area contributed by atoms with Crippen LogP contribution in [0.5, 0.6) is 5.88 Å². The van der Waals surface area contributed by atoms with Crippen LogP contribution in [0.4, 0.5) is 18.9 Å². The van der Waals surface area contributed by atoms with E-state index in [0.29, 0.717) is 48.8 Å². The second-order valence-corrected chi connectivity index (χ2v) is 8.66. The number of anilines is 1. The lowest BCUT2D eigenvalue weighted by molar-refractivity contribution is -0.137. The number of piperidine rings is 1. The van der Waals surface area contributed by atoms with Crippen LogP contribution in [-0.4, -0.2) is 47.7 Å². The van der Waals surface area contributed by atoms with Gasteiger partial charge in [-0.1, -0.05) is 13.0 Å². The molecule has 6 nitrogen and oxygen atoms in total. The largest absolute Gasteiger partial charge is 0.478 e. The molecule has 4 rings (SSSR count). The minimum absolute atomic E-state index is 0.164. The number of fused-ring (bicyclic) bond motifs is 1. The highest BCUT2D eigenvalue weighted by Gasteiger charge is 2.33. The summed E-state index contributed by atoms with van der Waals surface area (Å²) in [5.74, 6) is 0.692. The van der Waals surface area contributed by atoms with Crippen LogP contribution in [0.1, 0.15) is 52.5 Å². The molecule has 0 spiro atoms. The second kappa shape index (κ2) is 8.60. The number of benzene rings is 1. The topological polar surface area (TPSA) is 58.6 Å². The molecule has 0 N–H and O–H groups in total. The summed E-state index contributed by atoms with van der Waals surface area (Å²) in [4.78, 5) is 16.9. The molecule has 1 fully saturated rings. The number of carbonyl (C=O) groups is 1. The first-order valence-corrected chi connectivity index (χ1v) is 10.8.